The maximum atomic E-state index is 5.90. The molecular weight excluding hydrogens is 412 g/mol. The summed E-state index contributed by atoms with van der Waals surface area (Å²) in [4.78, 5) is 7.22. The largest absolute Gasteiger partial charge is 0.495 e. The Kier molecular flexibility index (Phi) is 6.65. The van der Waals surface area contributed by atoms with Gasteiger partial charge in [0.05, 0.1) is 24.8 Å². The second-order valence-electron chi connectivity index (χ2n) is 8.64. The molecule has 6 heteroatoms. The average molecular weight is 445 g/mol. The Labute approximate surface area is 196 Å². The highest BCUT2D eigenvalue weighted by Crippen LogP contribution is 2.38. The lowest BCUT2D eigenvalue weighted by molar-refractivity contribution is -0.00521. The summed E-state index contributed by atoms with van der Waals surface area (Å²) in [5.41, 5.74) is 6.25. The van der Waals surface area contributed by atoms with Gasteiger partial charge in [0.1, 0.15) is 5.75 Å². The minimum atomic E-state index is 0.229. The van der Waals surface area contributed by atoms with Gasteiger partial charge in [-0.15, -0.1) is 0 Å². The number of para-hydroxylation sites is 1. The number of methoxy groups -OCH3 is 1. The van der Waals surface area contributed by atoms with E-state index in [1.165, 1.54) is 5.69 Å². The Morgan fingerprint density at radius 2 is 1.88 bits per heavy atom. The monoisotopic (exact) mass is 444 g/mol. The maximum Gasteiger partial charge on any atom is 0.137 e. The zero-order chi connectivity index (χ0) is 23.5. The first-order chi connectivity index (χ1) is 15.9. The number of fused-ring (bicyclic) bond motifs is 1. The molecular formula is C27H32N4O2. The van der Waals surface area contributed by atoms with Crippen molar-refractivity contribution in [1.82, 2.24) is 9.99 Å². The van der Waals surface area contributed by atoms with Crippen LogP contribution in [0.3, 0.4) is 0 Å². The first-order valence-corrected chi connectivity index (χ1v) is 11.3. The molecule has 2 heterocycles. The van der Waals surface area contributed by atoms with Crippen LogP contribution in [0.25, 0.3) is 27.6 Å². The van der Waals surface area contributed by atoms with Gasteiger partial charge >= 0.3 is 0 Å². The van der Waals surface area contributed by atoms with Crippen LogP contribution in [-0.2, 0) is 4.74 Å². The molecule has 0 N–H and O–H groups in total. The molecule has 0 radical (unpaired) electrons. The number of allylic oxidation sites excluding steroid dienone is 1. The second-order valence-corrected chi connectivity index (χ2v) is 8.64. The van der Waals surface area contributed by atoms with Crippen LogP contribution in [0.1, 0.15) is 26.3 Å². The molecule has 172 valence electrons. The SMILES string of the molecule is C=NN(C)/C=C(\C)c1cccc2c(OC)c(-c3ccc(N4C[C@@H](C)O[C@@H](C)C4)cc3)cnc12. The van der Waals surface area contributed by atoms with Gasteiger partial charge in [-0.25, -0.2) is 0 Å². The molecule has 0 aliphatic carbocycles. The van der Waals surface area contributed by atoms with Crippen LogP contribution in [-0.4, -0.2) is 56.2 Å². The highest BCUT2D eigenvalue weighted by Gasteiger charge is 2.22. The van der Waals surface area contributed by atoms with E-state index in [0.717, 1.165) is 52.0 Å². The highest BCUT2D eigenvalue weighted by molar-refractivity contribution is 5.98. The summed E-state index contributed by atoms with van der Waals surface area (Å²) >= 11 is 0. The summed E-state index contributed by atoms with van der Waals surface area (Å²) in [6, 6.07) is 14.8. The number of hydrazone groups is 1. The maximum absolute atomic E-state index is 5.90. The third kappa shape index (κ3) is 4.71. The van der Waals surface area contributed by atoms with Crippen LogP contribution >= 0.6 is 0 Å². The van der Waals surface area contributed by atoms with Crippen molar-refractivity contribution in [2.45, 2.75) is 33.0 Å². The Morgan fingerprint density at radius 3 is 2.52 bits per heavy atom. The molecule has 1 aliphatic heterocycles. The Balaban J connectivity index is 1.71. The number of anilines is 1. The number of aromatic nitrogens is 1. The van der Waals surface area contributed by atoms with E-state index in [0.29, 0.717) is 0 Å². The summed E-state index contributed by atoms with van der Waals surface area (Å²) in [7, 11) is 3.57. The molecule has 0 bridgehead atoms. The molecule has 0 saturated carbocycles. The molecule has 1 saturated heterocycles. The molecule has 0 spiro atoms. The minimum absolute atomic E-state index is 0.229. The number of benzene rings is 2. The molecule has 1 fully saturated rings. The molecule has 2 atom stereocenters. The van der Waals surface area contributed by atoms with E-state index in [1.807, 2.05) is 32.4 Å². The summed E-state index contributed by atoms with van der Waals surface area (Å²) < 4.78 is 11.8. The quantitative estimate of drug-likeness (QED) is 0.375. The number of rotatable bonds is 6. The molecule has 1 aromatic heterocycles. The van der Waals surface area contributed by atoms with Crippen LogP contribution in [0.4, 0.5) is 5.69 Å². The second kappa shape index (κ2) is 9.63. The third-order valence-electron chi connectivity index (χ3n) is 6.04. The average Bonchev–Trinajstić information content (AvgIpc) is 2.82. The van der Waals surface area contributed by atoms with Gasteiger partial charge in [0.2, 0.25) is 0 Å². The van der Waals surface area contributed by atoms with E-state index in [9.17, 15) is 0 Å². The van der Waals surface area contributed by atoms with Crippen LogP contribution in [0.15, 0.2) is 60.0 Å². The molecule has 0 unspecified atom stereocenters. The molecule has 2 aromatic carbocycles. The van der Waals surface area contributed by atoms with E-state index in [4.69, 9.17) is 14.5 Å². The first kappa shape index (κ1) is 22.8. The fraction of sp³-hybridized carbons (Fsp3) is 0.333. The van der Waals surface area contributed by atoms with E-state index in [1.54, 1.807) is 12.1 Å². The van der Waals surface area contributed by atoms with E-state index in [-0.39, 0.29) is 12.2 Å². The Hall–Kier alpha value is -3.38. The summed E-state index contributed by atoms with van der Waals surface area (Å²) in [6.45, 7) is 11.7. The molecule has 4 rings (SSSR count). The molecule has 3 aromatic rings. The molecule has 6 nitrogen and oxygen atoms in total. The predicted octanol–water partition coefficient (Wildman–Crippen LogP) is 5.43. The number of hydrogen-bond donors (Lipinski definition) is 0. The van der Waals surface area contributed by atoms with Gasteiger partial charge in [0.15, 0.2) is 0 Å². The van der Waals surface area contributed by atoms with E-state index >= 15 is 0 Å². The van der Waals surface area contributed by atoms with Gasteiger partial charge in [-0.2, -0.15) is 5.10 Å². The van der Waals surface area contributed by atoms with Crippen molar-refractivity contribution in [1.29, 1.82) is 0 Å². The van der Waals surface area contributed by atoms with Crippen molar-refractivity contribution in [2.75, 3.05) is 32.1 Å². The van der Waals surface area contributed by atoms with Crippen LogP contribution in [0, 0.1) is 0 Å². The van der Waals surface area contributed by atoms with Gasteiger partial charge in [-0.3, -0.25) is 9.99 Å². The number of morpholine rings is 1. The van der Waals surface area contributed by atoms with E-state index < -0.39 is 0 Å². The van der Waals surface area contributed by atoms with Gasteiger partial charge < -0.3 is 14.4 Å². The van der Waals surface area contributed by atoms with Crippen LogP contribution < -0.4 is 9.64 Å². The van der Waals surface area contributed by atoms with Crippen molar-refractivity contribution in [2.24, 2.45) is 5.10 Å². The molecule has 0 amide bonds. The minimum Gasteiger partial charge on any atom is -0.495 e. The lowest BCUT2D eigenvalue weighted by atomic mass is 9.99. The lowest BCUT2D eigenvalue weighted by Crippen LogP contribution is -2.45. The third-order valence-corrected chi connectivity index (χ3v) is 6.04. The fourth-order valence-electron chi connectivity index (χ4n) is 4.57. The number of ether oxygens (including phenoxy) is 2. The van der Waals surface area contributed by atoms with Crippen LogP contribution in [0.2, 0.25) is 0 Å². The normalized spacial score (nSPS) is 18.9. The number of nitrogens with zero attached hydrogens (tertiary/aromatic N) is 4. The van der Waals surface area contributed by atoms with Crippen molar-refractivity contribution in [3.05, 3.63) is 60.4 Å². The number of hydrogen-bond acceptors (Lipinski definition) is 6. The van der Waals surface area contributed by atoms with Gasteiger partial charge in [0.25, 0.3) is 0 Å². The van der Waals surface area contributed by atoms with Crippen molar-refractivity contribution < 1.29 is 9.47 Å². The zero-order valence-corrected chi connectivity index (χ0v) is 20.1. The predicted molar refractivity (Wildman–Crippen MR) is 137 cm³/mol. The van der Waals surface area contributed by atoms with E-state index in [2.05, 4.69) is 67.0 Å². The lowest BCUT2D eigenvalue weighted by Gasteiger charge is -2.36. The zero-order valence-electron chi connectivity index (χ0n) is 20.1. The first-order valence-electron chi connectivity index (χ1n) is 11.3. The standard InChI is InChI=1S/C27H32N4O2/c1-18(15-30(5)28-4)23-8-7-9-24-26(23)29-14-25(27(24)32-6)21-10-12-22(13-11-21)31-16-19(2)33-20(3)17-31/h7-15,19-20H,4,16-17H2,1-3,5-6H3/b18-15+/t19-,20+. The smallest absolute Gasteiger partial charge is 0.137 e. The Bertz CT molecular complexity index is 1160. The molecule has 33 heavy (non-hydrogen) atoms. The summed E-state index contributed by atoms with van der Waals surface area (Å²) in [6.07, 6.45) is 4.30. The van der Waals surface area contributed by atoms with Gasteiger partial charge in [-0.05, 0) is 50.1 Å². The number of pyridine rings is 1. The van der Waals surface area contributed by atoms with Gasteiger partial charge in [-0.1, -0.05) is 24.3 Å². The summed E-state index contributed by atoms with van der Waals surface area (Å²) in [5.74, 6) is 0.825. The van der Waals surface area contributed by atoms with Crippen molar-refractivity contribution in [3.63, 3.8) is 0 Å². The van der Waals surface area contributed by atoms with Crippen molar-refractivity contribution in [3.8, 4) is 16.9 Å². The Morgan fingerprint density at radius 1 is 1.18 bits per heavy atom. The topological polar surface area (TPSA) is 50.2 Å². The van der Waals surface area contributed by atoms with Crippen LogP contribution in [0.5, 0.6) is 5.75 Å². The molecule has 1 aliphatic rings. The summed E-state index contributed by atoms with van der Waals surface area (Å²) in [5, 5.41) is 6.59. The fourth-order valence-corrected chi connectivity index (χ4v) is 4.57. The highest BCUT2D eigenvalue weighted by atomic mass is 16.5. The van der Waals surface area contributed by atoms with Crippen molar-refractivity contribution >= 4 is 28.9 Å². The van der Waals surface area contributed by atoms with Gasteiger partial charge in [0, 0.05) is 61.5 Å².